The number of aromatic amines is 1. The van der Waals surface area contributed by atoms with E-state index in [0.717, 1.165) is 4.88 Å². The molecule has 7 nitrogen and oxygen atoms in total. The number of carbonyl (C=O) groups excluding carboxylic acids is 2. The summed E-state index contributed by atoms with van der Waals surface area (Å²) in [5.41, 5.74) is 3.58. The van der Waals surface area contributed by atoms with E-state index in [4.69, 9.17) is 4.74 Å². The quantitative estimate of drug-likeness (QED) is 0.377. The monoisotopic (exact) mass is 465 g/mol. The normalized spacial score (nSPS) is 13.5. The summed E-state index contributed by atoms with van der Waals surface area (Å²) in [6.07, 6.45) is 6.98. The van der Waals surface area contributed by atoms with Crippen LogP contribution in [0.1, 0.15) is 35.5 Å². The minimum absolute atomic E-state index is 0.158. The molecule has 172 valence electrons. The lowest BCUT2D eigenvalue weighted by Crippen LogP contribution is -2.15. The van der Waals surface area contributed by atoms with Gasteiger partial charge in [-0.15, -0.1) is 11.3 Å². The summed E-state index contributed by atoms with van der Waals surface area (Å²) in [6, 6.07) is 9.10. The molecular formula is C25H27N3O4S. The number of hydrogen-bond acceptors (Lipinski definition) is 5. The van der Waals surface area contributed by atoms with Crippen LogP contribution in [0.5, 0.6) is 5.75 Å². The zero-order valence-corrected chi connectivity index (χ0v) is 19.6. The number of aliphatic hydroxyl groups excluding tert-OH is 1. The van der Waals surface area contributed by atoms with E-state index >= 15 is 0 Å². The van der Waals surface area contributed by atoms with Crippen molar-refractivity contribution < 1.29 is 19.4 Å². The number of rotatable bonds is 7. The number of aliphatic hydroxyl groups is 1. The molecule has 2 aromatic heterocycles. The average Bonchev–Trinajstić information content (AvgIpc) is 3.56. The third kappa shape index (κ3) is 5.42. The van der Waals surface area contributed by atoms with Crippen LogP contribution in [-0.4, -0.2) is 35.6 Å². The molecule has 3 heterocycles. The van der Waals surface area contributed by atoms with Gasteiger partial charge in [0.15, 0.2) is 0 Å². The molecule has 2 amide bonds. The van der Waals surface area contributed by atoms with Gasteiger partial charge in [-0.1, -0.05) is 32.1 Å². The van der Waals surface area contributed by atoms with Gasteiger partial charge >= 0.3 is 0 Å². The molecule has 0 atom stereocenters. The smallest absolute Gasteiger partial charge is 0.256 e. The molecule has 1 aliphatic heterocycles. The van der Waals surface area contributed by atoms with Crippen LogP contribution in [0.15, 0.2) is 48.0 Å². The topological polar surface area (TPSA) is 103 Å². The lowest BCUT2D eigenvalue weighted by molar-refractivity contribution is -0.115. The molecule has 4 N–H and O–H groups in total. The number of nitrogens with one attached hydrogen (secondary N) is 3. The minimum Gasteiger partial charge on any atom is -0.495 e. The summed E-state index contributed by atoms with van der Waals surface area (Å²) in [4.78, 5) is 29.4. The molecule has 3 aromatic rings. The van der Waals surface area contributed by atoms with Crippen LogP contribution in [-0.2, 0) is 16.0 Å². The van der Waals surface area contributed by atoms with Gasteiger partial charge in [-0.2, -0.15) is 0 Å². The van der Waals surface area contributed by atoms with Crippen molar-refractivity contribution in [3.63, 3.8) is 0 Å². The molecule has 0 radical (unpaired) electrons. The highest BCUT2D eigenvalue weighted by molar-refractivity contribution is 7.10. The maximum atomic E-state index is 12.7. The second-order valence-corrected chi connectivity index (χ2v) is 7.84. The molecule has 4 rings (SSSR count). The lowest BCUT2D eigenvalue weighted by Gasteiger charge is -2.13. The third-order valence-corrected chi connectivity index (χ3v) is 5.71. The van der Waals surface area contributed by atoms with Gasteiger partial charge in [-0.25, -0.2) is 0 Å². The van der Waals surface area contributed by atoms with Gasteiger partial charge in [-0.3, -0.25) is 9.59 Å². The predicted molar refractivity (Wildman–Crippen MR) is 134 cm³/mol. The number of methoxy groups -OCH3 is 1. The fourth-order valence-electron chi connectivity index (χ4n) is 3.48. The fraction of sp³-hybridized carbons (Fsp3) is 0.200. The van der Waals surface area contributed by atoms with Crippen molar-refractivity contribution in [1.29, 1.82) is 0 Å². The SMILES string of the molecule is CC.COc1cc[nH]c1/C=C1\C(=O)Nc2ccc(NC(=O)Cc3cccs3)c(C=CCO)c21. The Labute approximate surface area is 196 Å². The Morgan fingerprint density at radius 3 is 2.76 bits per heavy atom. The first-order valence-corrected chi connectivity index (χ1v) is 11.5. The van der Waals surface area contributed by atoms with Gasteiger partial charge in [0.2, 0.25) is 5.91 Å². The first-order chi connectivity index (χ1) is 16.1. The zero-order valence-electron chi connectivity index (χ0n) is 18.8. The number of ether oxygens (including phenoxy) is 1. The van der Waals surface area contributed by atoms with Gasteiger partial charge in [-0.05, 0) is 35.7 Å². The van der Waals surface area contributed by atoms with Crippen LogP contribution >= 0.6 is 11.3 Å². The first-order valence-electron chi connectivity index (χ1n) is 10.6. The van der Waals surface area contributed by atoms with E-state index in [0.29, 0.717) is 39.5 Å². The van der Waals surface area contributed by atoms with Crippen LogP contribution in [0.2, 0.25) is 0 Å². The Bertz CT molecular complexity index is 1180. The Morgan fingerprint density at radius 1 is 1.24 bits per heavy atom. The molecule has 0 saturated carbocycles. The molecule has 33 heavy (non-hydrogen) atoms. The Balaban J connectivity index is 0.00000149. The Morgan fingerprint density at radius 2 is 2.06 bits per heavy atom. The van der Waals surface area contributed by atoms with Gasteiger partial charge in [0.25, 0.3) is 5.91 Å². The highest BCUT2D eigenvalue weighted by Crippen LogP contribution is 2.40. The summed E-state index contributed by atoms with van der Waals surface area (Å²) in [5, 5.41) is 17.1. The summed E-state index contributed by atoms with van der Waals surface area (Å²) < 4.78 is 5.33. The van der Waals surface area contributed by atoms with Crippen molar-refractivity contribution >= 4 is 52.3 Å². The minimum atomic E-state index is -0.257. The van der Waals surface area contributed by atoms with Gasteiger partial charge in [0.1, 0.15) is 5.75 Å². The second-order valence-electron chi connectivity index (χ2n) is 6.81. The molecule has 0 bridgehead atoms. The number of carbonyl (C=O) groups is 2. The average molecular weight is 466 g/mol. The van der Waals surface area contributed by atoms with Crippen molar-refractivity contribution in [2.45, 2.75) is 20.3 Å². The van der Waals surface area contributed by atoms with Crippen molar-refractivity contribution in [3.05, 3.63) is 69.7 Å². The van der Waals surface area contributed by atoms with Crippen LogP contribution in [0, 0.1) is 0 Å². The van der Waals surface area contributed by atoms with E-state index in [1.165, 1.54) is 11.3 Å². The van der Waals surface area contributed by atoms with Gasteiger partial charge in [0, 0.05) is 33.6 Å². The molecule has 0 aliphatic carbocycles. The van der Waals surface area contributed by atoms with Crippen molar-refractivity contribution in [3.8, 4) is 5.75 Å². The summed E-state index contributed by atoms with van der Waals surface area (Å²) >= 11 is 1.52. The molecule has 1 aliphatic rings. The maximum absolute atomic E-state index is 12.7. The molecule has 0 spiro atoms. The second kappa shape index (κ2) is 11.3. The zero-order chi connectivity index (χ0) is 23.8. The molecule has 0 saturated heterocycles. The van der Waals surface area contributed by atoms with Crippen LogP contribution < -0.4 is 15.4 Å². The fourth-order valence-corrected chi connectivity index (χ4v) is 4.18. The number of fused-ring (bicyclic) bond motifs is 1. The predicted octanol–water partition coefficient (Wildman–Crippen LogP) is 4.79. The maximum Gasteiger partial charge on any atom is 0.256 e. The van der Waals surface area contributed by atoms with Crippen LogP contribution in [0.25, 0.3) is 17.7 Å². The van der Waals surface area contributed by atoms with Crippen molar-refractivity contribution in [1.82, 2.24) is 4.98 Å². The van der Waals surface area contributed by atoms with Gasteiger partial charge in [0.05, 0.1) is 31.4 Å². The number of amides is 2. The molecular weight excluding hydrogens is 438 g/mol. The molecule has 1 aromatic carbocycles. The molecule has 8 heteroatoms. The Kier molecular flexibility index (Phi) is 8.23. The largest absolute Gasteiger partial charge is 0.495 e. The highest BCUT2D eigenvalue weighted by atomic mass is 32.1. The van der Waals surface area contributed by atoms with E-state index < -0.39 is 0 Å². The van der Waals surface area contributed by atoms with E-state index in [-0.39, 0.29) is 24.8 Å². The number of aromatic nitrogens is 1. The summed E-state index contributed by atoms with van der Waals surface area (Å²) in [7, 11) is 1.56. The van der Waals surface area contributed by atoms with E-state index in [2.05, 4.69) is 15.6 Å². The number of benzene rings is 1. The van der Waals surface area contributed by atoms with Crippen LogP contribution in [0.4, 0.5) is 11.4 Å². The lowest BCUT2D eigenvalue weighted by atomic mass is 9.97. The van der Waals surface area contributed by atoms with Gasteiger partial charge < -0.3 is 25.5 Å². The molecule has 0 unspecified atom stereocenters. The van der Waals surface area contributed by atoms with Crippen molar-refractivity contribution in [2.75, 3.05) is 24.4 Å². The number of anilines is 2. The summed E-state index contributed by atoms with van der Waals surface area (Å²) in [5.74, 6) is 0.198. The number of H-pyrrole nitrogens is 1. The Hall–Kier alpha value is -3.62. The standard InChI is InChI=1S/C23H21N3O4S.C2H6/c1-30-20-8-9-24-19(20)13-16-22-15(5-2-10-27)17(6-7-18(22)26-23(16)29)25-21(28)12-14-4-3-11-31-14;1-2/h2-9,11,13,24,27H,10,12H2,1H3,(H,25,28)(H,26,29);1-2H3/b5-2?,16-13-;. The number of hydrogen-bond donors (Lipinski definition) is 4. The highest BCUT2D eigenvalue weighted by Gasteiger charge is 2.28. The van der Waals surface area contributed by atoms with E-state index in [1.807, 2.05) is 31.4 Å². The van der Waals surface area contributed by atoms with Crippen LogP contribution in [0.3, 0.4) is 0 Å². The first kappa shape index (κ1) is 24.0. The van der Waals surface area contributed by atoms with Crippen molar-refractivity contribution in [2.24, 2.45) is 0 Å². The molecule has 0 fully saturated rings. The van der Waals surface area contributed by atoms with E-state index in [9.17, 15) is 14.7 Å². The number of thiophene rings is 1. The third-order valence-electron chi connectivity index (χ3n) is 4.83. The summed E-state index contributed by atoms with van der Waals surface area (Å²) in [6.45, 7) is 3.83. The van der Waals surface area contributed by atoms with E-state index in [1.54, 1.807) is 49.7 Å².